The topological polar surface area (TPSA) is 0 Å². The summed E-state index contributed by atoms with van der Waals surface area (Å²) < 4.78 is 0. The van der Waals surface area contributed by atoms with Crippen LogP contribution < -0.4 is 0 Å². The molecule has 1 aliphatic carbocycles. The zero-order chi connectivity index (χ0) is 18.1. The van der Waals surface area contributed by atoms with Crippen LogP contribution in [0, 0.1) is 13.3 Å². The Bertz CT molecular complexity index is 690. The van der Waals surface area contributed by atoms with Gasteiger partial charge in [0.15, 0.2) is 0 Å². The maximum absolute atomic E-state index is 4.93. The number of allylic oxidation sites excluding steroid dienone is 1. The van der Waals surface area contributed by atoms with E-state index in [4.69, 9.17) is 17.0 Å². The molecular formula is C22H25Cl2Zr. The summed E-state index contributed by atoms with van der Waals surface area (Å²) in [4.78, 5) is 0. The van der Waals surface area contributed by atoms with Gasteiger partial charge < -0.3 is 0 Å². The first-order valence-electron chi connectivity index (χ1n) is 8.91. The van der Waals surface area contributed by atoms with Gasteiger partial charge in [-0.05, 0) is 42.0 Å². The molecule has 25 heavy (non-hydrogen) atoms. The van der Waals surface area contributed by atoms with Crippen molar-refractivity contribution in [2.45, 2.75) is 46.0 Å². The molecule has 0 aliphatic heterocycles. The van der Waals surface area contributed by atoms with Gasteiger partial charge in [-0.25, -0.2) is 0 Å². The number of rotatable bonds is 6. The zero-order valence-electron chi connectivity index (χ0n) is 15.0. The molecule has 1 aliphatic rings. The monoisotopic (exact) mass is 449 g/mol. The van der Waals surface area contributed by atoms with Crippen LogP contribution in [0.25, 0.3) is 17.2 Å². The number of aryl methyl sites for hydroxylation is 1. The van der Waals surface area contributed by atoms with Gasteiger partial charge in [-0.3, -0.25) is 0 Å². The normalized spacial score (nSPS) is 12.1. The Morgan fingerprint density at radius 3 is 2.32 bits per heavy atom. The third kappa shape index (κ3) is 6.39. The molecule has 0 aromatic heterocycles. The molecule has 131 valence electrons. The Kier molecular flexibility index (Phi) is 9.53. The fourth-order valence-corrected chi connectivity index (χ4v) is 3.18. The van der Waals surface area contributed by atoms with Crippen LogP contribution in [0.5, 0.6) is 0 Å². The quantitative estimate of drug-likeness (QED) is 0.391. The van der Waals surface area contributed by atoms with E-state index in [1.54, 1.807) is 0 Å². The molecule has 0 bridgehead atoms. The van der Waals surface area contributed by atoms with E-state index in [0.29, 0.717) is 0 Å². The van der Waals surface area contributed by atoms with Crippen molar-refractivity contribution >= 4 is 23.1 Å². The average molecular weight is 452 g/mol. The molecule has 0 nitrogen and oxygen atoms in total. The van der Waals surface area contributed by atoms with Gasteiger partial charge in [-0.2, -0.15) is 0 Å². The molecular weight excluding hydrogens is 426 g/mol. The Labute approximate surface area is 171 Å². The van der Waals surface area contributed by atoms with E-state index in [0.717, 1.165) is 0 Å². The van der Waals surface area contributed by atoms with Crippen LogP contribution in [-0.2, 0) is 20.8 Å². The Morgan fingerprint density at radius 1 is 0.920 bits per heavy atom. The van der Waals surface area contributed by atoms with E-state index in [1.807, 2.05) is 0 Å². The molecule has 0 atom stereocenters. The van der Waals surface area contributed by atoms with Crippen molar-refractivity contribution in [1.29, 1.82) is 0 Å². The molecule has 0 fully saturated rings. The number of unbranched alkanes of at least 4 members (excludes halogenated alkanes) is 3. The summed E-state index contributed by atoms with van der Waals surface area (Å²) in [7, 11) is 9.87. The summed E-state index contributed by atoms with van der Waals surface area (Å²) >= 11 is -0.826. The molecule has 3 rings (SSSR count). The molecule has 0 amide bonds. The summed E-state index contributed by atoms with van der Waals surface area (Å²) in [5.74, 6) is 0. The third-order valence-corrected chi connectivity index (χ3v) is 4.49. The number of hydrogen-bond acceptors (Lipinski definition) is 0. The fraction of sp³-hybridized carbons (Fsp3) is 0.318. The van der Waals surface area contributed by atoms with Gasteiger partial charge in [-0.1, -0.05) is 85.9 Å². The molecule has 0 N–H and O–H groups in total. The van der Waals surface area contributed by atoms with Crippen molar-refractivity contribution in [3.8, 4) is 11.1 Å². The Morgan fingerprint density at radius 2 is 1.64 bits per heavy atom. The minimum atomic E-state index is -0.826. The maximum atomic E-state index is 4.93. The van der Waals surface area contributed by atoms with Crippen LogP contribution in [0.3, 0.4) is 0 Å². The van der Waals surface area contributed by atoms with E-state index in [2.05, 4.69) is 68.8 Å². The third-order valence-electron chi connectivity index (χ3n) is 4.49. The second-order valence-electron chi connectivity index (χ2n) is 6.42. The molecule has 1 radical (unpaired) electrons. The van der Waals surface area contributed by atoms with Gasteiger partial charge in [-0.15, -0.1) is 0 Å². The van der Waals surface area contributed by atoms with Crippen molar-refractivity contribution in [1.82, 2.24) is 0 Å². The minimum absolute atomic E-state index is 0.826. The molecule has 2 aromatic rings. The second kappa shape index (κ2) is 11.4. The van der Waals surface area contributed by atoms with Gasteiger partial charge in [0.2, 0.25) is 0 Å². The summed E-state index contributed by atoms with van der Waals surface area (Å²) in [5, 5.41) is 0. The summed E-state index contributed by atoms with van der Waals surface area (Å²) in [6.07, 6.45) is 11.3. The second-order valence-corrected chi connectivity index (χ2v) is 10.2. The molecule has 2 aromatic carbocycles. The Hall–Kier alpha value is -0.357. The van der Waals surface area contributed by atoms with Gasteiger partial charge in [0, 0.05) is 6.42 Å². The van der Waals surface area contributed by atoms with E-state index < -0.39 is 20.8 Å². The molecule has 0 unspecified atom stereocenters. The van der Waals surface area contributed by atoms with Crippen molar-refractivity contribution in [2.75, 3.05) is 0 Å². The summed E-state index contributed by atoms with van der Waals surface area (Å²) in [6.45, 7) is 4.41. The molecule has 0 heterocycles. The van der Waals surface area contributed by atoms with Gasteiger partial charge in [0.05, 0.1) is 0 Å². The van der Waals surface area contributed by atoms with Crippen LogP contribution in [0.1, 0.15) is 55.7 Å². The first-order chi connectivity index (χ1) is 12.2. The van der Waals surface area contributed by atoms with Crippen molar-refractivity contribution < 1.29 is 20.8 Å². The van der Waals surface area contributed by atoms with Crippen LogP contribution in [-0.4, -0.2) is 0 Å². The summed E-state index contributed by atoms with van der Waals surface area (Å²) in [5.41, 5.74) is 8.26. The van der Waals surface area contributed by atoms with E-state index in [9.17, 15) is 0 Å². The predicted octanol–water partition coefficient (Wildman–Crippen LogP) is 7.96. The van der Waals surface area contributed by atoms with Gasteiger partial charge in [0.1, 0.15) is 0 Å². The first-order valence-corrected chi connectivity index (χ1v) is 15.2. The average Bonchev–Trinajstić information content (AvgIpc) is 3.03. The van der Waals surface area contributed by atoms with E-state index in [1.165, 1.54) is 65.5 Å². The number of hydrogen-bond donors (Lipinski definition) is 0. The predicted molar refractivity (Wildman–Crippen MR) is 108 cm³/mol. The van der Waals surface area contributed by atoms with Crippen LogP contribution in [0.2, 0.25) is 0 Å². The van der Waals surface area contributed by atoms with Crippen molar-refractivity contribution in [2.24, 2.45) is 0 Å². The van der Waals surface area contributed by atoms with E-state index in [-0.39, 0.29) is 0 Å². The van der Waals surface area contributed by atoms with Gasteiger partial charge in [0.25, 0.3) is 0 Å². The van der Waals surface area contributed by atoms with Crippen LogP contribution in [0.4, 0.5) is 0 Å². The molecule has 0 spiro atoms. The van der Waals surface area contributed by atoms with Crippen LogP contribution >= 0.6 is 17.0 Å². The van der Waals surface area contributed by atoms with E-state index >= 15 is 0 Å². The standard InChI is InChI=1S/C22H25.2ClH.Zr/c1-3-4-5-6-8-18-15-20-9-7-10-21(22(20)16-18)19-13-11-17(2)12-14-19;;;/h7,9-16H,3-6,8H2,1-2H3;2*1H;/q;;;+2/p-2. The first kappa shape index (κ1) is 20.9. The molecule has 0 saturated heterocycles. The van der Waals surface area contributed by atoms with Crippen molar-refractivity contribution in [3.05, 3.63) is 71.1 Å². The summed E-state index contributed by atoms with van der Waals surface area (Å²) in [6, 6.07) is 15.5. The van der Waals surface area contributed by atoms with Gasteiger partial charge >= 0.3 is 37.9 Å². The number of halogens is 2. The number of fused-ring (bicyclic) bond motifs is 1. The molecule has 3 heteroatoms. The Balaban J connectivity index is 0.000000701. The zero-order valence-corrected chi connectivity index (χ0v) is 19.0. The fourth-order valence-electron chi connectivity index (χ4n) is 3.18. The van der Waals surface area contributed by atoms with Crippen molar-refractivity contribution in [3.63, 3.8) is 0 Å². The molecule has 0 saturated carbocycles. The van der Waals surface area contributed by atoms with Crippen LogP contribution in [0.15, 0.2) is 48.0 Å². The number of benzene rings is 2. The SMILES string of the molecule is CCCCCCC1=Cc2c(cccc2-c2ccc(C)cc2)[CH]1.[Cl][Zr][Cl].